The molecule has 0 saturated carbocycles. The molecule has 5 heteroatoms. The Balaban J connectivity index is 2.29. The van der Waals surface area contributed by atoms with E-state index in [2.05, 4.69) is 21.2 Å². The van der Waals surface area contributed by atoms with Gasteiger partial charge in [-0.15, -0.1) is 0 Å². The van der Waals surface area contributed by atoms with Gasteiger partial charge in [0.05, 0.1) is 5.56 Å². The lowest BCUT2D eigenvalue weighted by atomic mass is 10.0. The lowest BCUT2D eigenvalue weighted by Gasteiger charge is -2.19. The van der Waals surface area contributed by atoms with Crippen molar-refractivity contribution in [2.24, 2.45) is 0 Å². The van der Waals surface area contributed by atoms with Crippen LogP contribution < -0.4 is 5.32 Å². The molecule has 0 saturated heterocycles. The van der Waals surface area contributed by atoms with Gasteiger partial charge in [-0.2, -0.15) is 0 Å². The molecule has 0 aliphatic heterocycles. The number of rotatable bonds is 4. The highest BCUT2D eigenvalue weighted by molar-refractivity contribution is 9.10. The van der Waals surface area contributed by atoms with Gasteiger partial charge in [0.25, 0.3) is 0 Å². The summed E-state index contributed by atoms with van der Waals surface area (Å²) in [6.45, 7) is 3.70. The molecule has 2 N–H and O–H groups in total. The van der Waals surface area contributed by atoms with Crippen LogP contribution in [0.3, 0.4) is 0 Å². The summed E-state index contributed by atoms with van der Waals surface area (Å²) in [5.74, 6) is -1.26. The molecule has 0 radical (unpaired) electrons. The maximum atomic E-state index is 13.1. The zero-order valence-electron chi connectivity index (χ0n) is 11.7. The van der Waals surface area contributed by atoms with Crippen molar-refractivity contribution in [3.05, 3.63) is 63.4 Å². The molecule has 0 aliphatic rings. The first kappa shape index (κ1) is 15.5. The molecule has 0 aromatic heterocycles. The number of carbonyl (C=O) groups is 1. The highest BCUT2D eigenvalue weighted by atomic mass is 79.9. The van der Waals surface area contributed by atoms with Gasteiger partial charge in [0.15, 0.2) is 0 Å². The van der Waals surface area contributed by atoms with E-state index in [9.17, 15) is 9.18 Å². The first-order chi connectivity index (χ1) is 9.90. The maximum Gasteiger partial charge on any atom is 0.336 e. The molecule has 0 spiro atoms. The molecule has 110 valence electrons. The topological polar surface area (TPSA) is 49.3 Å². The molecule has 0 amide bonds. The average molecular weight is 352 g/mol. The van der Waals surface area contributed by atoms with E-state index in [0.717, 1.165) is 11.3 Å². The van der Waals surface area contributed by atoms with Crippen LogP contribution in [0.15, 0.2) is 40.9 Å². The second-order valence-electron chi connectivity index (χ2n) is 4.82. The Morgan fingerprint density at radius 2 is 2.05 bits per heavy atom. The summed E-state index contributed by atoms with van der Waals surface area (Å²) in [4.78, 5) is 11.1. The van der Waals surface area contributed by atoms with Crippen molar-refractivity contribution < 1.29 is 14.3 Å². The minimum atomic E-state index is -0.952. The third-order valence-electron chi connectivity index (χ3n) is 3.37. The number of halogens is 2. The Morgan fingerprint density at radius 1 is 1.33 bits per heavy atom. The van der Waals surface area contributed by atoms with Crippen LogP contribution in [-0.2, 0) is 0 Å². The predicted octanol–water partition coefficient (Wildman–Crippen LogP) is 4.77. The van der Waals surface area contributed by atoms with Crippen molar-refractivity contribution in [1.82, 2.24) is 0 Å². The summed E-state index contributed by atoms with van der Waals surface area (Å²) in [6, 6.07) is 9.52. The molecule has 0 aliphatic carbocycles. The molecular formula is C16H15BrFNO2. The highest BCUT2D eigenvalue weighted by Gasteiger charge is 2.14. The van der Waals surface area contributed by atoms with Crippen molar-refractivity contribution >= 4 is 27.6 Å². The molecular weight excluding hydrogens is 337 g/mol. The van der Waals surface area contributed by atoms with Gasteiger partial charge in [0.1, 0.15) is 5.82 Å². The van der Waals surface area contributed by atoms with Gasteiger partial charge < -0.3 is 10.4 Å². The summed E-state index contributed by atoms with van der Waals surface area (Å²) >= 11 is 3.34. The SMILES string of the molecule is Cc1c(NC(C)c2ccc(F)cc2Br)cccc1C(=O)O. The minimum Gasteiger partial charge on any atom is -0.478 e. The second kappa shape index (κ2) is 6.26. The third-order valence-corrected chi connectivity index (χ3v) is 4.05. The van der Waals surface area contributed by atoms with E-state index in [4.69, 9.17) is 5.11 Å². The summed E-state index contributed by atoms with van der Waals surface area (Å²) in [5, 5.41) is 12.4. The van der Waals surface area contributed by atoms with Crippen LogP contribution in [0.2, 0.25) is 0 Å². The molecule has 21 heavy (non-hydrogen) atoms. The van der Waals surface area contributed by atoms with Gasteiger partial charge in [0.2, 0.25) is 0 Å². The van der Waals surface area contributed by atoms with Crippen molar-refractivity contribution in [1.29, 1.82) is 0 Å². The number of carboxylic acid groups (broad SMARTS) is 1. The van der Waals surface area contributed by atoms with E-state index in [1.54, 1.807) is 25.1 Å². The van der Waals surface area contributed by atoms with Gasteiger partial charge in [0, 0.05) is 16.2 Å². The fraction of sp³-hybridized carbons (Fsp3) is 0.188. The van der Waals surface area contributed by atoms with Crippen LogP contribution in [0.1, 0.15) is 34.5 Å². The zero-order valence-corrected chi connectivity index (χ0v) is 13.2. The average Bonchev–Trinajstić information content (AvgIpc) is 2.40. The van der Waals surface area contributed by atoms with Crippen molar-refractivity contribution in [2.75, 3.05) is 5.32 Å². The summed E-state index contributed by atoms with van der Waals surface area (Å²) in [5.41, 5.74) is 2.59. The molecule has 3 nitrogen and oxygen atoms in total. The van der Waals surface area contributed by atoms with Crippen molar-refractivity contribution in [3.8, 4) is 0 Å². The smallest absolute Gasteiger partial charge is 0.336 e. The molecule has 0 heterocycles. The van der Waals surface area contributed by atoms with Crippen LogP contribution in [0.5, 0.6) is 0 Å². The molecule has 2 rings (SSSR count). The first-order valence-corrected chi connectivity index (χ1v) is 7.24. The van der Waals surface area contributed by atoms with Crippen LogP contribution in [-0.4, -0.2) is 11.1 Å². The van der Waals surface area contributed by atoms with E-state index in [0.29, 0.717) is 10.0 Å². The van der Waals surface area contributed by atoms with Gasteiger partial charge >= 0.3 is 5.97 Å². The third kappa shape index (κ3) is 3.42. The molecule has 0 fully saturated rings. The molecule has 2 aromatic rings. The molecule has 0 bridgehead atoms. The largest absolute Gasteiger partial charge is 0.478 e. The Labute approximate surface area is 130 Å². The van der Waals surface area contributed by atoms with Crippen LogP contribution in [0, 0.1) is 12.7 Å². The normalized spacial score (nSPS) is 12.0. The van der Waals surface area contributed by atoms with Crippen molar-refractivity contribution in [2.45, 2.75) is 19.9 Å². The number of nitrogens with one attached hydrogen (secondary N) is 1. The number of carboxylic acids is 1. The van der Waals surface area contributed by atoms with Gasteiger partial charge in [-0.3, -0.25) is 0 Å². The van der Waals surface area contributed by atoms with Crippen LogP contribution in [0.25, 0.3) is 0 Å². The number of hydrogen-bond donors (Lipinski definition) is 2. The van der Waals surface area contributed by atoms with Gasteiger partial charge in [-0.05, 0) is 49.2 Å². The Bertz CT molecular complexity index is 688. The second-order valence-corrected chi connectivity index (χ2v) is 5.67. The first-order valence-electron chi connectivity index (χ1n) is 6.44. The quantitative estimate of drug-likeness (QED) is 0.834. The lowest BCUT2D eigenvalue weighted by molar-refractivity contribution is 0.0696. The Morgan fingerprint density at radius 3 is 2.67 bits per heavy atom. The monoisotopic (exact) mass is 351 g/mol. The fourth-order valence-corrected chi connectivity index (χ4v) is 2.88. The minimum absolute atomic E-state index is 0.0947. The van der Waals surface area contributed by atoms with Gasteiger partial charge in [-0.1, -0.05) is 28.1 Å². The Hall–Kier alpha value is -1.88. The van der Waals surface area contributed by atoms with E-state index < -0.39 is 5.97 Å². The lowest BCUT2D eigenvalue weighted by Crippen LogP contribution is -2.10. The number of benzene rings is 2. The number of aromatic carboxylic acids is 1. The molecule has 2 aromatic carbocycles. The predicted molar refractivity (Wildman–Crippen MR) is 84.3 cm³/mol. The van der Waals surface area contributed by atoms with E-state index in [1.165, 1.54) is 12.1 Å². The highest BCUT2D eigenvalue weighted by Crippen LogP contribution is 2.29. The van der Waals surface area contributed by atoms with Crippen molar-refractivity contribution in [3.63, 3.8) is 0 Å². The summed E-state index contributed by atoms with van der Waals surface area (Å²) < 4.78 is 13.8. The van der Waals surface area contributed by atoms with Gasteiger partial charge in [-0.25, -0.2) is 9.18 Å². The van der Waals surface area contributed by atoms with E-state index in [-0.39, 0.29) is 17.4 Å². The molecule has 1 atom stereocenters. The zero-order chi connectivity index (χ0) is 15.6. The van der Waals surface area contributed by atoms with E-state index in [1.807, 2.05) is 13.0 Å². The standard InChI is InChI=1S/C16H15BrFNO2/c1-9-12(16(20)21)4-3-5-15(9)19-10(2)13-7-6-11(18)8-14(13)17/h3-8,10,19H,1-2H3,(H,20,21). The van der Waals surface area contributed by atoms with Crippen LogP contribution >= 0.6 is 15.9 Å². The Kier molecular flexibility index (Phi) is 4.63. The number of anilines is 1. The summed E-state index contributed by atoms with van der Waals surface area (Å²) in [6.07, 6.45) is 0. The van der Waals surface area contributed by atoms with E-state index >= 15 is 0 Å². The van der Waals surface area contributed by atoms with Crippen LogP contribution in [0.4, 0.5) is 10.1 Å². The maximum absolute atomic E-state index is 13.1. The molecule has 1 unspecified atom stereocenters. The fourth-order valence-electron chi connectivity index (χ4n) is 2.19. The number of hydrogen-bond acceptors (Lipinski definition) is 2. The summed E-state index contributed by atoms with van der Waals surface area (Å²) in [7, 11) is 0.